The maximum absolute atomic E-state index is 13.7. The van der Waals surface area contributed by atoms with Crippen LogP contribution in [0.5, 0.6) is 0 Å². The number of likely N-dealkylation sites (tertiary alicyclic amines) is 1. The van der Waals surface area contributed by atoms with Crippen molar-refractivity contribution < 1.29 is 22.9 Å². The van der Waals surface area contributed by atoms with E-state index in [1.54, 1.807) is 29.0 Å². The normalized spacial score (nSPS) is 22.1. The molecule has 3 rings (SSSR count). The number of benzene rings is 1. The Hall–Kier alpha value is -2.00. The van der Waals surface area contributed by atoms with Crippen LogP contribution in [-0.4, -0.2) is 69.9 Å². The number of nitrogens with one attached hydrogen (secondary N) is 1. The van der Waals surface area contributed by atoms with Crippen molar-refractivity contribution in [1.82, 2.24) is 9.80 Å². The summed E-state index contributed by atoms with van der Waals surface area (Å²) in [7, 11) is 0.257. The Bertz CT molecular complexity index is 722. The van der Waals surface area contributed by atoms with Gasteiger partial charge in [-0.25, -0.2) is 9.18 Å². The molecule has 2 heterocycles. The summed E-state index contributed by atoms with van der Waals surface area (Å²) in [4.78, 5) is 27.1. The van der Waals surface area contributed by atoms with Crippen LogP contribution < -0.4 is 5.32 Å². The van der Waals surface area contributed by atoms with Crippen molar-refractivity contribution in [2.24, 2.45) is 0 Å². The van der Waals surface area contributed by atoms with Gasteiger partial charge < -0.3 is 19.9 Å². The number of amides is 3. The quantitative estimate of drug-likeness (QED) is 0.852. The molecule has 3 amide bonds. The molecule has 1 aromatic rings. The van der Waals surface area contributed by atoms with Gasteiger partial charge in [-0.3, -0.25) is 9.00 Å². The van der Waals surface area contributed by atoms with Crippen LogP contribution in [0, 0.1) is 5.82 Å². The molecular weight excluding hydrogens is 361 g/mol. The van der Waals surface area contributed by atoms with Gasteiger partial charge in [0, 0.05) is 39.6 Å². The number of carbonyl (C=O) groups excluding carboxylic acids is 2. The highest BCUT2D eigenvalue weighted by Crippen LogP contribution is 2.37. The molecule has 9 heteroatoms. The summed E-state index contributed by atoms with van der Waals surface area (Å²) in [5.41, 5.74) is 0.124. The number of halogens is 1. The summed E-state index contributed by atoms with van der Waals surface area (Å²) in [5.74, 6) is -0.613. The molecule has 26 heavy (non-hydrogen) atoms. The second-order valence-corrected chi connectivity index (χ2v) is 8.11. The lowest BCUT2D eigenvalue weighted by Gasteiger charge is -2.43. The number of nitrogens with zero attached hydrogens (tertiary/aromatic N) is 2. The van der Waals surface area contributed by atoms with Gasteiger partial charge in [0.25, 0.3) is 0 Å². The first kappa shape index (κ1) is 18.8. The Morgan fingerprint density at radius 1 is 1.35 bits per heavy atom. The van der Waals surface area contributed by atoms with Crippen LogP contribution in [0.25, 0.3) is 0 Å². The van der Waals surface area contributed by atoms with E-state index in [0.29, 0.717) is 39.1 Å². The van der Waals surface area contributed by atoms with E-state index in [0.717, 1.165) is 0 Å². The van der Waals surface area contributed by atoms with E-state index in [4.69, 9.17) is 4.74 Å². The molecule has 1 N–H and O–H groups in total. The van der Waals surface area contributed by atoms with E-state index in [1.807, 2.05) is 0 Å². The Morgan fingerprint density at radius 2 is 2.04 bits per heavy atom. The zero-order valence-corrected chi connectivity index (χ0v) is 15.4. The molecule has 2 fully saturated rings. The van der Waals surface area contributed by atoms with Gasteiger partial charge in [0.1, 0.15) is 16.4 Å². The summed E-state index contributed by atoms with van der Waals surface area (Å²) >= 11 is 0. The van der Waals surface area contributed by atoms with E-state index in [9.17, 15) is 18.2 Å². The van der Waals surface area contributed by atoms with Crippen molar-refractivity contribution in [3.63, 3.8) is 0 Å². The Labute approximate surface area is 153 Å². The summed E-state index contributed by atoms with van der Waals surface area (Å²) in [6.45, 7) is 1.47. The third kappa shape index (κ3) is 3.45. The lowest BCUT2D eigenvalue weighted by Crippen LogP contribution is -2.56. The second-order valence-electron chi connectivity index (χ2n) is 6.37. The van der Waals surface area contributed by atoms with Gasteiger partial charge in [0.2, 0.25) is 5.91 Å². The minimum atomic E-state index is -1.30. The largest absolute Gasteiger partial charge is 0.383 e. The fraction of sp³-hybridized carbons (Fsp3) is 0.529. The van der Waals surface area contributed by atoms with E-state index in [2.05, 4.69) is 5.32 Å². The molecule has 0 aromatic heterocycles. The maximum Gasteiger partial charge on any atom is 0.321 e. The van der Waals surface area contributed by atoms with Crippen molar-refractivity contribution in [3.8, 4) is 0 Å². The number of rotatable bonds is 4. The molecule has 2 aliphatic rings. The number of para-hydroxylation sites is 1. The van der Waals surface area contributed by atoms with Crippen LogP contribution >= 0.6 is 0 Å². The predicted octanol–water partition coefficient (Wildman–Crippen LogP) is 1.39. The number of anilines is 1. The third-order valence-corrected chi connectivity index (χ3v) is 6.92. The molecule has 1 atom stereocenters. The van der Waals surface area contributed by atoms with Crippen molar-refractivity contribution in [2.75, 3.05) is 44.4 Å². The fourth-order valence-electron chi connectivity index (χ4n) is 3.50. The van der Waals surface area contributed by atoms with E-state index < -0.39 is 27.5 Å². The number of methoxy groups -OCH3 is 1. The highest BCUT2D eigenvalue weighted by molar-refractivity contribution is 7.87. The second kappa shape index (κ2) is 7.71. The minimum Gasteiger partial charge on any atom is -0.383 e. The molecule has 1 unspecified atom stereocenters. The molecule has 1 aromatic carbocycles. The van der Waals surface area contributed by atoms with Gasteiger partial charge in [-0.15, -0.1) is 0 Å². The van der Waals surface area contributed by atoms with Gasteiger partial charge in [-0.1, -0.05) is 12.1 Å². The average Bonchev–Trinajstić information content (AvgIpc) is 2.85. The highest BCUT2D eigenvalue weighted by Gasteiger charge is 2.52. The highest BCUT2D eigenvalue weighted by atomic mass is 32.2. The number of urea groups is 1. The minimum absolute atomic E-state index is 0.0190. The lowest BCUT2D eigenvalue weighted by atomic mass is 10.0. The van der Waals surface area contributed by atoms with Crippen molar-refractivity contribution in [2.45, 2.75) is 17.7 Å². The van der Waals surface area contributed by atoms with Crippen molar-refractivity contribution in [1.29, 1.82) is 0 Å². The van der Waals surface area contributed by atoms with Crippen LogP contribution in [-0.2, 0) is 20.3 Å². The molecule has 2 saturated heterocycles. The molecule has 142 valence electrons. The molecule has 0 bridgehead atoms. The van der Waals surface area contributed by atoms with Gasteiger partial charge in [-0.2, -0.15) is 0 Å². The Morgan fingerprint density at radius 3 is 2.69 bits per heavy atom. The van der Waals surface area contributed by atoms with E-state index in [1.165, 1.54) is 12.1 Å². The zero-order chi connectivity index (χ0) is 18.7. The van der Waals surface area contributed by atoms with Gasteiger partial charge >= 0.3 is 6.03 Å². The van der Waals surface area contributed by atoms with Gasteiger partial charge in [-0.05, 0) is 12.1 Å². The third-order valence-electron chi connectivity index (χ3n) is 4.94. The molecule has 0 radical (unpaired) electrons. The molecular formula is C17H22FN3O4S. The number of piperidine rings is 1. The lowest BCUT2D eigenvalue weighted by molar-refractivity contribution is -0.131. The average molecular weight is 383 g/mol. The molecule has 0 aliphatic carbocycles. The first-order chi connectivity index (χ1) is 12.5. The van der Waals surface area contributed by atoms with Crippen molar-refractivity contribution >= 4 is 28.4 Å². The van der Waals surface area contributed by atoms with Gasteiger partial charge in [0.05, 0.1) is 23.1 Å². The first-order valence-corrected chi connectivity index (χ1v) is 9.78. The van der Waals surface area contributed by atoms with Crippen LogP contribution in [0.2, 0.25) is 0 Å². The Kier molecular flexibility index (Phi) is 5.57. The molecule has 2 aliphatic heterocycles. The van der Waals surface area contributed by atoms with Crippen LogP contribution in [0.1, 0.15) is 12.8 Å². The van der Waals surface area contributed by atoms with E-state index in [-0.39, 0.29) is 17.3 Å². The summed E-state index contributed by atoms with van der Waals surface area (Å²) in [6.07, 6.45) is 0.861. The SMILES string of the molecule is COCCN1C(=O)CS(=O)C12CCN(C(=O)Nc1ccccc1F)CC2. The van der Waals surface area contributed by atoms with Gasteiger partial charge in [0.15, 0.2) is 0 Å². The standard InChI is InChI=1S/C17H22FN3O4S/c1-25-11-10-21-15(22)12-26(24)17(21)6-8-20(9-7-17)16(23)19-14-5-3-2-4-13(14)18/h2-5H,6-12H2,1H3,(H,19,23). The number of hydrogen-bond donors (Lipinski definition) is 1. The zero-order valence-electron chi connectivity index (χ0n) is 14.6. The topological polar surface area (TPSA) is 79.0 Å². The first-order valence-electron chi connectivity index (χ1n) is 8.46. The van der Waals surface area contributed by atoms with Crippen LogP contribution in [0.15, 0.2) is 24.3 Å². The van der Waals surface area contributed by atoms with Crippen LogP contribution in [0.4, 0.5) is 14.9 Å². The van der Waals surface area contributed by atoms with E-state index >= 15 is 0 Å². The molecule has 0 saturated carbocycles. The maximum atomic E-state index is 13.7. The van der Waals surface area contributed by atoms with Crippen LogP contribution in [0.3, 0.4) is 0 Å². The summed E-state index contributed by atoms with van der Waals surface area (Å²) < 4.78 is 31.3. The molecule has 1 spiro atoms. The number of ether oxygens (including phenoxy) is 1. The molecule has 7 nitrogen and oxygen atoms in total. The smallest absolute Gasteiger partial charge is 0.321 e. The fourth-order valence-corrected chi connectivity index (χ4v) is 5.22. The predicted molar refractivity (Wildman–Crippen MR) is 95.6 cm³/mol. The monoisotopic (exact) mass is 383 g/mol. The number of carbonyl (C=O) groups is 2. The summed E-state index contributed by atoms with van der Waals surface area (Å²) in [5, 5.41) is 2.56. The summed E-state index contributed by atoms with van der Waals surface area (Å²) in [6, 6.07) is 5.57. The Balaban J connectivity index is 1.66. The van der Waals surface area contributed by atoms with Crippen molar-refractivity contribution in [3.05, 3.63) is 30.1 Å². The number of hydrogen-bond acceptors (Lipinski definition) is 4.